The van der Waals surface area contributed by atoms with E-state index in [0.29, 0.717) is 13.0 Å². The van der Waals surface area contributed by atoms with Crippen molar-refractivity contribution in [2.24, 2.45) is 0 Å². The summed E-state index contributed by atoms with van der Waals surface area (Å²) >= 11 is 0. The van der Waals surface area contributed by atoms with Crippen molar-refractivity contribution in [3.8, 4) is 0 Å². The molecular weight excluding hydrogens is 348 g/mol. The number of carbonyl (C=O) groups is 1. The van der Waals surface area contributed by atoms with Gasteiger partial charge in [-0.05, 0) is 44.7 Å². The van der Waals surface area contributed by atoms with Gasteiger partial charge in [0, 0.05) is 12.6 Å². The Morgan fingerprint density at radius 1 is 0.962 bits per heavy atom. The molecule has 1 aliphatic carbocycles. The highest BCUT2D eigenvalue weighted by atomic mass is 32.2. The molecule has 6 heteroatoms. The van der Waals surface area contributed by atoms with Crippen molar-refractivity contribution >= 4 is 15.9 Å². The number of sulfonamides is 1. The second-order valence-corrected chi connectivity index (χ2v) is 9.53. The molecule has 144 valence electrons. The van der Waals surface area contributed by atoms with Gasteiger partial charge in [-0.25, -0.2) is 8.42 Å². The Kier molecular flexibility index (Phi) is 6.35. The van der Waals surface area contributed by atoms with Gasteiger partial charge in [0.25, 0.3) is 0 Å². The van der Waals surface area contributed by atoms with Crippen LogP contribution in [0.1, 0.15) is 63.4 Å². The second kappa shape index (κ2) is 8.53. The minimum atomic E-state index is -3.63. The lowest BCUT2D eigenvalue weighted by atomic mass is 9.96. The van der Waals surface area contributed by atoms with Crippen LogP contribution >= 0.6 is 0 Å². The molecule has 2 fully saturated rings. The van der Waals surface area contributed by atoms with Gasteiger partial charge in [0.2, 0.25) is 15.9 Å². The van der Waals surface area contributed by atoms with Crippen molar-refractivity contribution in [2.45, 2.75) is 81.7 Å². The number of rotatable bonds is 4. The van der Waals surface area contributed by atoms with Gasteiger partial charge in [-0.1, -0.05) is 49.8 Å². The van der Waals surface area contributed by atoms with Crippen LogP contribution in [0.2, 0.25) is 0 Å². The van der Waals surface area contributed by atoms with E-state index in [2.05, 4.69) is 5.32 Å². The van der Waals surface area contributed by atoms with Crippen LogP contribution in [0.4, 0.5) is 0 Å². The molecule has 1 saturated carbocycles. The monoisotopic (exact) mass is 378 g/mol. The number of nitrogens with zero attached hydrogens (tertiary/aromatic N) is 1. The summed E-state index contributed by atoms with van der Waals surface area (Å²) in [5, 5.41) is 3.15. The zero-order valence-corrected chi connectivity index (χ0v) is 16.4. The predicted molar refractivity (Wildman–Crippen MR) is 102 cm³/mol. The normalized spacial score (nSPS) is 23.3. The summed E-state index contributed by atoms with van der Waals surface area (Å²) in [6.45, 7) is 2.34. The third kappa shape index (κ3) is 4.46. The molecule has 26 heavy (non-hydrogen) atoms. The van der Waals surface area contributed by atoms with E-state index in [0.717, 1.165) is 37.7 Å². The third-order valence-electron chi connectivity index (χ3n) is 5.59. The summed E-state index contributed by atoms with van der Waals surface area (Å²) < 4.78 is 27.4. The summed E-state index contributed by atoms with van der Waals surface area (Å²) in [4.78, 5) is 13.1. The molecule has 2 aliphatic rings. The molecule has 0 spiro atoms. The van der Waals surface area contributed by atoms with Crippen LogP contribution < -0.4 is 5.32 Å². The molecule has 1 saturated heterocycles. The van der Waals surface area contributed by atoms with Crippen LogP contribution in [0.5, 0.6) is 0 Å². The number of aryl methyl sites for hydroxylation is 1. The number of hydrogen-bond acceptors (Lipinski definition) is 3. The van der Waals surface area contributed by atoms with Gasteiger partial charge in [0.05, 0.1) is 4.90 Å². The summed E-state index contributed by atoms with van der Waals surface area (Å²) in [7, 11) is -3.63. The van der Waals surface area contributed by atoms with Crippen molar-refractivity contribution in [2.75, 3.05) is 6.54 Å². The Bertz CT molecular complexity index is 707. The van der Waals surface area contributed by atoms with E-state index in [1.807, 2.05) is 6.92 Å². The topological polar surface area (TPSA) is 66.5 Å². The SMILES string of the molecule is Cc1ccc(S(=O)(=O)N2CCC[C@H]2C(=O)NC2CCCCCCC2)cc1. The molecule has 0 radical (unpaired) electrons. The average molecular weight is 379 g/mol. The fourth-order valence-electron chi connectivity index (χ4n) is 4.03. The fourth-order valence-corrected chi connectivity index (χ4v) is 5.69. The summed E-state index contributed by atoms with van der Waals surface area (Å²) in [5.41, 5.74) is 1.02. The third-order valence-corrected chi connectivity index (χ3v) is 7.51. The number of amides is 1. The van der Waals surface area contributed by atoms with Crippen LogP contribution in [-0.2, 0) is 14.8 Å². The predicted octanol–water partition coefficient (Wildman–Crippen LogP) is 3.38. The molecule has 3 rings (SSSR count). The molecule has 1 amide bonds. The molecule has 5 nitrogen and oxygen atoms in total. The second-order valence-electron chi connectivity index (χ2n) is 7.64. The van der Waals surface area contributed by atoms with E-state index in [-0.39, 0.29) is 16.8 Å². The quantitative estimate of drug-likeness (QED) is 0.873. The van der Waals surface area contributed by atoms with Crippen LogP contribution in [-0.4, -0.2) is 37.3 Å². The molecule has 0 aromatic heterocycles. The first-order valence-corrected chi connectivity index (χ1v) is 11.3. The summed E-state index contributed by atoms with van der Waals surface area (Å²) in [6, 6.07) is 6.47. The number of benzene rings is 1. The van der Waals surface area contributed by atoms with Crippen LogP contribution in [0.25, 0.3) is 0 Å². The van der Waals surface area contributed by atoms with Crippen molar-refractivity contribution in [1.29, 1.82) is 0 Å². The average Bonchev–Trinajstić information content (AvgIpc) is 3.08. The van der Waals surface area contributed by atoms with Crippen LogP contribution in [0.3, 0.4) is 0 Å². The number of hydrogen-bond donors (Lipinski definition) is 1. The molecule has 1 aliphatic heterocycles. The Morgan fingerprint density at radius 2 is 1.58 bits per heavy atom. The summed E-state index contributed by atoms with van der Waals surface area (Å²) in [6.07, 6.45) is 9.35. The maximum Gasteiger partial charge on any atom is 0.243 e. The van der Waals surface area contributed by atoms with Gasteiger partial charge in [-0.3, -0.25) is 4.79 Å². The molecule has 1 heterocycles. The van der Waals surface area contributed by atoms with E-state index in [4.69, 9.17) is 0 Å². The maximum absolute atomic E-state index is 13.0. The van der Waals surface area contributed by atoms with Crippen LogP contribution in [0.15, 0.2) is 29.2 Å². The first-order chi connectivity index (χ1) is 12.5. The smallest absolute Gasteiger partial charge is 0.243 e. The first-order valence-electron chi connectivity index (χ1n) is 9.87. The van der Waals surface area contributed by atoms with Gasteiger partial charge >= 0.3 is 0 Å². The van der Waals surface area contributed by atoms with Gasteiger partial charge in [-0.15, -0.1) is 0 Å². The summed E-state index contributed by atoms with van der Waals surface area (Å²) in [5.74, 6) is -0.122. The van der Waals surface area contributed by atoms with E-state index in [1.54, 1.807) is 24.3 Å². The van der Waals surface area contributed by atoms with E-state index >= 15 is 0 Å². The Hall–Kier alpha value is -1.40. The molecular formula is C20H30N2O3S. The lowest BCUT2D eigenvalue weighted by Gasteiger charge is -2.27. The highest BCUT2D eigenvalue weighted by Crippen LogP contribution is 2.27. The maximum atomic E-state index is 13.0. The Balaban J connectivity index is 1.70. The standard InChI is InChI=1S/C20H30N2O3S/c1-16-11-13-18(14-12-16)26(24,25)22-15-7-10-19(22)20(23)21-17-8-5-3-2-4-6-9-17/h11-14,17,19H,2-10,15H2,1H3,(H,21,23)/t19-/m0/s1. The molecule has 0 unspecified atom stereocenters. The number of nitrogens with one attached hydrogen (secondary N) is 1. The first kappa shape index (κ1) is 19.4. The van der Waals surface area contributed by atoms with Gasteiger partial charge < -0.3 is 5.32 Å². The van der Waals surface area contributed by atoms with Gasteiger partial charge in [-0.2, -0.15) is 4.31 Å². The highest BCUT2D eigenvalue weighted by molar-refractivity contribution is 7.89. The van der Waals surface area contributed by atoms with Crippen LogP contribution in [0, 0.1) is 6.92 Å². The number of carbonyl (C=O) groups excluding carboxylic acids is 1. The highest BCUT2D eigenvalue weighted by Gasteiger charge is 2.39. The fraction of sp³-hybridized carbons (Fsp3) is 0.650. The lowest BCUT2D eigenvalue weighted by molar-refractivity contribution is -0.125. The minimum absolute atomic E-state index is 0.122. The van der Waals surface area contributed by atoms with E-state index in [1.165, 1.54) is 23.6 Å². The van der Waals surface area contributed by atoms with Gasteiger partial charge in [0.1, 0.15) is 6.04 Å². The molecule has 0 bridgehead atoms. The van der Waals surface area contributed by atoms with E-state index < -0.39 is 16.1 Å². The zero-order valence-electron chi connectivity index (χ0n) is 15.6. The van der Waals surface area contributed by atoms with Crippen molar-refractivity contribution in [3.05, 3.63) is 29.8 Å². The minimum Gasteiger partial charge on any atom is -0.352 e. The van der Waals surface area contributed by atoms with Gasteiger partial charge in [0.15, 0.2) is 0 Å². The molecule has 1 aromatic rings. The van der Waals surface area contributed by atoms with Crippen molar-refractivity contribution < 1.29 is 13.2 Å². The Morgan fingerprint density at radius 3 is 2.23 bits per heavy atom. The Labute approximate surface area is 157 Å². The van der Waals surface area contributed by atoms with Crippen molar-refractivity contribution in [3.63, 3.8) is 0 Å². The largest absolute Gasteiger partial charge is 0.352 e. The zero-order chi connectivity index (χ0) is 18.6. The lowest BCUT2D eigenvalue weighted by Crippen LogP contribution is -2.48. The van der Waals surface area contributed by atoms with E-state index in [9.17, 15) is 13.2 Å². The molecule has 1 N–H and O–H groups in total. The van der Waals surface area contributed by atoms with Crippen molar-refractivity contribution in [1.82, 2.24) is 9.62 Å². The molecule has 1 atom stereocenters. The molecule has 1 aromatic carbocycles.